The fourth-order valence-electron chi connectivity index (χ4n) is 3.77. The minimum absolute atomic E-state index is 0.0165. The molecule has 4 rings (SSSR count). The number of aromatic amines is 1. The summed E-state index contributed by atoms with van der Waals surface area (Å²) in [4.78, 5) is 28.0. The van der Waals surface area contributed by atoms with Crippen molar-refractivity contribution in [1.82, 2.24) is 4.98 Å². The molecule has 0 unspecified atom stereocenters. The van der Waals surface area contributed by atoms with E-state index in [0.29, 0.717) is 28.7 Å². The van der Waals surface area contributed by atoms with Crippen LogP contribution in [0.25, 0.3) is 10.8 Å². The molecule has 2 aromatic carbocycles. The summed E-state index contributed by atoms with van der Waals surface area (Å²) in [5.41, 5.74) is 1.47. The van der Waals surface area contributed by atoms with Crippen LogP contribution in [0, 0.1) is 11.3 Å². The third kappa shape index (κ3) is 2.93. The molecule has 0 atom stereocenters. The highest BCUT2D eigenvalue weighted by atomic mass is 32.2. The molecule has 0 spiro atoms. The van der Waals surface area contributed by atoms with Crippen LogP contribution in [0.4, 0.5) is 11.4 Å². The van der Waals surface area contributed by atoms with Crippen molar-refractivity contribution in [3.05, 3.63) is 64.1 Å². The van der Waals surface area contributed by atoms with Gasteiger partial charge in [-0.2, -0.15) is 5.26 Å². The van der Waals surface area contributed by atoms with E-state index in [-0.39, 0.29) is 33.9 Å². The number of hydrogen-bond donors (Lipinski definition) is 1. The average molecular weight is 422 g/mol. The Morgan fingerprint density at radius 1 is 1.23 bits per heavy atom. The second-order valence-corrected chi connectivity index (χ2v) is 8.86. The highest BCUT2D eigenvalue weighted by Crippen LogP contribution is 2.40. The van der Waals surface area contributed by atoms with Gasteiger partial charge in [0.05, 0.1) is 22.2 Å². The van der Waals surface area contributed by atoms with Crippen LogP contribution in [-0.4, -0.2) is 32.9 Å². The summed E-state index contributed by atoms with van der Waals surface area (Å²) in [6, 6.07) is 11.3. The zero-order valence-electron chi connectivity index (χ0n) is 16.3. The van der Waals surface area contributed by atoms with E-state index in [1.807, 2.05) is 6.07 Å². The lowest BCUT2D eigenvalue weighted by Crippen LogP contribution is -2.29. The number of rotatable bonds is 3. The fraction of sp³-hybridized carbons (Fsp3) is 0.190. The standard InChI is InChI=1S/C21H18N4O4S/c1-13(26)24(2)18-10-14(12-22)11-19-17(18)7-9-25(19)30(28,29)20-5-3-4-16-15(20)6-8-23-21(16)27/h3-6,8,10-11H,7,9H2,1-2H3,(H,23,27). The van der Waals surface area contributed by atoms with Crippen LogP contribution in [0.5, 0.6) is 0 Å². The van der Waals surface area contributed by atoms with Crippen LogP contribution in [0.1, 0.15) is 18.1 Å². The second-order valence-electron chi connectivity index (χ2n) is 7.03. The van der Waals surface area contributed by atoms with E-state index >= 15 is 0 Å². The summed E-state index contributed by atoms with van der Waals surface area (Å²) in [6.45, 7) is 1.58. The molecular formula is C21H18N4O4S. The summed E-state index contributed by atoms with van der Waals surface area (Å²) >= 11 is 0. The van der Waals surface area contributed by atoms with E-state index in [1.54, 1.807) is 25.2 Å². The molecule has 0 aliphatic carbocycles. The van der Waals surface area contributed by atoms with Crippen LogP contribution >= 0.6 is 0 Å². The number of nitrogens with zero attached hydrogens (tertiary/aromatic N) is 3. The van der Waals surface area contributed by atoms with Crippen LogP contribution < -0.4 is 14.8 Å². The van der Waals surface area contributed by atoms with E-state index < -0.39 is 10.0 Å². The van der Waals surface area contributed by atoms with Gasteiger partial charge in [0.25, 0.3) is 15.6 Å². The number of pyridine rings is 1. The van der Waals surface area contributed by atoms with Gasteiger partial charge in [0.15, 0.2) is 0 Å². The minimum atomic E-state index is -4.02. The zero-order valence-corrected chi connectivity index (χ0v) is 17.2. The first-order chi connectivity index (χ1) is 14.3. The van der Waals surface area contributed by atoms with Crippen molar-refractivity contribution < 1.29 is 13.2 Å². The highest BCUT2D eigenvalue weighted by molar-refractivity contribution is 7.93. The largest absolute Gasteiger partial charge is 0.329 e. The van der Waals surface area contributed by atoms with Gasteiger partial charge in [-0.1, -0.05) is 6.07 Å². The molecule has 0 saturated heterocycles. The van der Waals surface area contributed by atoms with Crippen molar-refractivity contribution in [3.8, 4) is 6.07 Å². The molecular weight excluding hydrogens is 404 g/mol. The highest BCUT2D eigenvalue weighted by Gasteiger charge is 2.34. The van der Waals surface area contributed by atoms with E-state index in [1.165, 1.54) is 40.5 Å². The van der Waals surface area contributed by atoms with Gasteiger partial charge in [-0.25, -0.2) is 8.42 Å². The Labute approximate surface area is 173 Å². The van der Waals surface area contributed by atoms with Crippen molar-refractivity contribution in [1.29, 1.82) is 5.26 Å². The van der Waals surface area contributed by atoms with Crippen LogP contribution in [0.2, 0.25) is 0 Å². The van der Waals surface area contributed by atoms with Crippen molar-refractivity contribution in [3.63, 3.8) is 0 Å². The molecule has 0 fully saturated rings. The number of hydrogen-bond acceptors (Lipinski definition) is 5. The number of nitriles is 1. The number of H-pyrrole nitrogens is 1. The van der Waals surface area contributed by atoms with E-state index in [9.17, 15) is 23.3 Å². The van der Waals surface area contributed by atoms with Gasteiger partial charge in [-0.15, -0.1) is 0 Å². The number of amides is 1. The first kappa shape index (κ1) is 19.7. The van der Waals surface area contributed by atoms with Gasteiger partial charge in [-0.3, -0.25) is 13.9 Å². The topological polar surface area (TPSA) is 114 Å². The first-order valence-electron chi connectivity index (χ1n) is 9.20. The summed E-state index contributed by atoms with van der Waals surface area (Å²) in [6.07, 6.45) is 1.81. The fourth-order valence-corrected chi connectivity index (χ4v) is 5.47. The Bertz CT molecular complexity index is 1400. The smallest absolute Gasteiger partial charge is 0.264 e. The maximum atomic E-state index is 13.6. The number of fused-ring (bicyclic) bond motifs is 2. The zero-order chi connectivity index (χ0) is 21.6. The second kappa shape index (κ2) is 7.00. The number of aromatic nitrogens is 1. The molecule has 1 aromatic heterocycles. The summed E-state index contributed by atoms with van der Waals surface area (Å²) < 4.78 is 28.4. The monoisotopic (exact) mass is 422 g/mol. The van der Waals surface area contributed by atoms with Crippen molar-refractivity contribution >= 4 is 38.1 Å². The van der Waals surface area contributed by atoms with Crippen molar-refractivity contribution in [2.24, 2.45) is 0 Å². The van der Waals surface area contributed by atoms with Crippen molar-refractivity contribution in [2.45, 2.75) is 18.2 Å². The minimum Gasteiger partial charge on any atom is -0.329 e. The lowest BCUT2D eigenvalue weighted by molar-refractivity contribution is -0.116. The van der Waals surface area contributed by atoms with Gasteiger partial charge in [0.1, 0.15) is 0 Å². The predicted octanol–water partition coefficient (Wildman–Crippen LogP) is 2.13. The van der Waals surface area contributed by atoms with E-state index in [2.05, 4.69) is 4.98 Å². The lowest BCUT2D eigenvalue weighted by atomic mass is 10.1. The average Bonchev–Trinajstić information content (AvgIpc) is 3.17. The molecule has 3 aromatic rings. The third-order valence-electron chi connectivity index (χ3n) is 5.34. The quantitative estimate of drug-likeness (QED) is 0.694. The molecule has 0 saturated carbocycles. The van der Waals surface area contributed by atoms with E-state index in [0.717, 1.165) is 0 Å². The summed E-state index contributed by atoms with van der Waals surface area (Å²) in [5, 5.41) is 10.0. The molecule has 1 N–H and O–H groups in total. The Balaban J connectivity index is 1.93. The summed E-state index contributed by atoms with van der Waals surface area (Å²) in [7, 11) is -2.42. The SMILES string of the molecule is CC(=O)N(C)c1cc(C#N)cc2c1CCN2S(=O)(=O)c1cccc2c(=O)[nH]ccc12. The molecule has 9 heteroatoms. The summed E-state index contributed by atoms with van der Waals surface area (Å²) in [5.74, 6) is -0.220. The Hall–Kier alpha value is -3.64. The molecule has 30 heavy (non-hydrogen) atoms. The Morgan fingerprint density at radius 2 is 2.00 bits per heavy atom. The van der Waals surface area contributed by atoms with Crippen LogP contribution in [-0.2, 0) is 21.2 Å². The normalized spacial score (nSPS) is 13.2. The number of benzene rings is 2. The van der Waals surface area contributed by atoms with Crippen LogP contribution in [0.15, 0.2) is 52.3 Å². The number of sulfonamides is 1. The molecule has 2 heterocycles. The number of carbonyl (C=O) groups is 1. The predicted molar refractivity (Wildman–Crippen MR) is 113 cm³/mol. The molecule has 0 radical (unpaired) electrons. The van der Waals surface area contributed by atoms with Gasteiger partial charge in [0, 0.05) is 48.7 Å². The van der Waals surface area contributed by atoms with Crippen molar-refractivity contribution in [2.75, 3.05) is 22.8 Å². The Kier molecular flexibility index (Phi) is 4.59. The Morgan fingerprint density at radius 3 is 2.70 bits per heavy atom. The maximum Gasteiger partial charge on any atom is 0.264 e. The molecule has 1 aliphatic heterocycles. The van der Waals surface area contributed by atoms with Gasteiger partial charge in [0.2, 0.25) is 5.91 Å². The molecule has 1 amide bonds. The first-order valence-corrected chi connectivity index (χ1v) is 10.6. The third-order valence-corrected chi connectivity index (χ3v) is 7.21. The van der Waals surface area contributed by atoms with Gasteiger partial charge in [-0.05, 0) is 36.8 Å². The van der Waals surface area contributed by atoms with E-state index in [4.69, 9.17) is 0 Å². The van der Waals surface area contributed by atoms with Crippen LogP contribution in [0.3, 0.4) is 0 Å². The number of anilines is 2. The molecule has 152 valence electrons. The number of nitrogens with one attached hydrogen (secondary N) is 1. The molecule has 8 nitrogen and oxygen atoms in total. The molecule has 0 bridgehead atoms. The van der Waals surface area contributed by atoms with Gasteiger partial charge < -0.3 is 9.88 Å². The maximum absolute atomic E-state index is 13.6. The molecule has 1 aliphatic rings. The lowest BCUT2D eigenvalue weighted by Gasteiger charge is -2.23. The number of carbonyl (C=O) groups excluding carboxylic acids is 1. The van der Waals surface area contributed by atoms with Gasteiger partial charge >= 0.3 is 0 Å².